The molecule has 0 saturated carbocycles. The molecular weight excluding hydrogens is 196 g/mol. The van der Waals surface area contributed by atoms with E-state index in [0.29, 0.717) is 0 Å². The highest BCUT2D eigenvalue weighted by Gasteiger charge is 1.89. The van der Waals surface area contributed by atoms with E-state index in [-0.39, 0.29) is 0 Å². The number of nitrogens with zero attached hydrogens (tertiary/aromatic N) is 2. The van der Waals surface area contributed by atoms with E-state index in [2.05, 4.69) is 48.1 Å². The molecule has 16 heavy (non-hydrogen) atoms. The Morgan fingerprint density at radius 3 is 1.50 bits per heavy atom. The van der Waals surface area contributed by atoms with Gasteiger partial charge >= 0.3 is 0 Å². The van der Waals surface area contributed by atoms with E-state index in [0.717, 1.165) is 37.1 Å². The van der Waals surface area contributed by atoms with E-state index in [4.69, 9.17) is 0 Å². The van der Waals surface area contributed by atoms with Crippen LogP contribution in [0.3, 0.4) is 0 Å². The van der Waals surface area contributed by atoms with Crippen molar-refractivity contribution in [3.05, 3.63) is 35.4 Å². The molecule has 1 rings (SSSR count). The van der Waals surface area contributed by atoms with Crippen molar-refractivity contribution >= 4 is 12.4 Å². The van der Waals surface area contributed by atoms with Gasteiger partial charge in [-0.05, 0) is 24.0 Å². The molecule has 0 aliphatic heterocycles. The lowest BCUT2D eigenvalue weighted by atomic mass is 10.1. The van der Waals surface area contributed by atoms with Crippen LogP contribution in [-0.2, 0) is 0 Å². The molecule has 0 saturated heterocycles. The summed E-state index contributed by atoms with van der Waals surface area (Å²) >= 11 is 0. The summed E-state index contributed by atoms with van der Waals surface area (Å²) in [5.41, 5.74) is 2.31. The van der Waals surface area contributed by atoms with Crippen LogP contribution in [0.1, 0.15) is 37.8 Å². The van der Waals surface area contributed by atoms with Crippen LogP contribution in [0.25, 0.3) is 0 Å². The molecule has 2 heteroatoms. The van der Waals surface area contributed by atoms with Crippen molar-refractivity contribution in [1.29, 1.82) is 0 Å². The van der Waals surface area contributed by atoms with Crippen LogP contribution in [0.4, 0.5) is 0 Å². The first kappa shape index (κ1) is 12.6. The van der Waals surface area contributed by atoms with Crippen molar-refractivity contribution in [2.45, 2.75) is 26.7 Å². The van der Waals surface area contributed by atoms with Crippen molar-refractivity contribution in [3.8, 4) is 0 Å². The average molecular weight is 216 g/mol. The Bertz CT molecular complexity index is 301. The van der Waals surface area contributed by atoms with E-state index < -0.39 is 0 Å². The summed E-state index contributed by atoms with van der Waals surface area (Å²) in [4.78, 5) is 8.61. The summed E-state index contributed by atoms with van der Waals surface area (Å²) in [6, 6.07) is 8.30. The van der Waals surface area contributed by atoms with Gasteiger partial charge in [0.05, 0.1) is 0 Å². The van der Waals surface area contributed by atoms with Crippen molar-refractivity contribution in [3.63, 3.8) is 0 Å². The highest BCUT2D eigenvalue weighted by atomic mass is 14.7. The average Bonchev–Trinajstić information content (AvgIpc) is 2.32. The first-order chi connectivity index (χ1) is 7.86. The molecule has 0 aliphatic rings. The highest BCUT2D eigenvalue weighted by molar-refractivity contribution is 5.84. The molecule has 0 heterocycles. The van der Waals surface area contributed by atoms with Gasteiger partial charge in [-0.2, -0.15) is 0 Å². The van der Waals surface area contributed by atoms with Gasteiger partial charge in [-0.15, -0.1) is 0 Å². The zero-order valence-corrected chi connectivity index (χ0v) is 10.2. The zero-order chi connectivity index (χ0) is 11.6. The molecular formula is C14H20N2. The van der Waals surface area contributed by atoms with Gasteiger partial charge in [-0.1, -0.05) is 38.1 Å². The fourth-order valence-corrected chi connectivity index (χ4v) is 1.27. The Morgan fingerprint density at radius 1 is 0.812 bits per heavy atom. The molecule has 0 bridgehead atoms. The third-order valence-electron chi connectivity index (χ3n) is 2.12. The van der Waals surface area contributed by atoms with Gasteiger partial charge in [0.15, 0.2) is 0 Å². The fourth-order valence-electron chi connectivity index (χ4n) is 1.27. The van der Waals surface area contributed by atoms with E-state index >= 15 is 0 Å². The molecule has 0 unspecified atom stereocenters. The molecule has 0 amide bonds. The normalized spacial score (nSPS) is 11.6. The smallest absolute Gasteiger partial charge is 0.0386 e. The number of benzene rings is 1. The first-order valence-electron chi connectivity index (χ1n) is 5.96. The van der Waals surface area contributed by atoms with E-state index in [1.807, 2.05) is 12.4 Å². The Balaban J connectivity index is 2.54. The minimum atomic E-state index is 0.902. The quantitative estimate of drug-likeness (QED) is 0.652. The van der Waals surface area contributed by atoms with Crippen LogP contribution in [0.2, 0.25) is 0 Å². The maximum atomic E-state index is 4.31. The molecule has 0 aliphatic carbocycles. The lowest BCUT2D eigenvalue weighted by Gasteiger charge is -1.95. The van der Waals surface area contributed by atoms with Crippen LogP contribution in [0, 0.1) is 0 Å². The molecule has 1 aromatic carbocycles. The van der Waals surface area contributed by atoms with E-state index in [1.54, 1.807) is 0 Å². The topological polar surface area (TPSA) is 24.7 Å². The number of aliphatic imine (C=N–C) groups is 2. The second kappa shape index (κ2) is 7.80. The Morgan fingerprint density at radius 2 is 1.19 bits per heavy atom. The standard InChI is InChI=1S/C14H20N2/c1-3-9-15-11-13-5-7-14(8-6-13)12-16-10-4-2/h5-8,11-12H,3-4,9-10H2,1-2H3. The van der Waals surface area contributed by atoms with Crippen molar-refractivity contribution in [1.82, 2.24) is 0 Å². The van der Waals surface area contributed by atoms with Crippen LogP contribution >= 0.6 is 0 Å². The van der Waals surface area contributed by atoms with Crippen LogP contribution < -0.4 is 0 Å². The molecule has 0 radical (unpaired) electrons. The zero-order valence-electron chi connectivity index (χ0n) is 10.2. The van der Waals surface area contributed by atoms with Gasteiger partial charge in [0, 0.05) is 25.5 Å². The molecule has 0 N–H and O–H groups in total. The van der Waals surface area contributed by atoms with E-state index in [1.165, 1.54) is 0 Å². The van der Waals surface area contributed by atoms with Crippen LogP contribution in [-0.4, -0.2) is 25.5 Å². The lowest BCUT2D eigenvalue weighted by Crippen LogP contribution is -1.87. The Kier molecular flexibility index (Phi) is 6.16. The van der Waals surface area contributed by atoms with Gasteiger partial charge in [-0.25, -0.2) is 0 Å². The van der Waals surface area contributed by atoms with Gasteiger partial charge in [-0.3, -0.25) is 9.98 Å². The monoisotopic (exact) mass is 216 g/mol. The summed E-state index contributed by atoms with van der Waals surface area (Å²) in [7, 11) is 0. The largest absolute Gasteiger partial charge is 0.293 e. The van der Waals surface area contributed by atoms with Gasteiger partial charge in [0.2, 0.25) is 0 Å². The first-order valence-corrected chi connectivity index (χ1v) is 5.96. The molecule has 0 atom stereocenters. The number of hydrogen-bond donors (Lipinski definition) is 0. The van der Waals surface area contributed by atoms with Gasteiger partial charge in [0.1, 0.15) is 0 Å². The molecule has 2 nitrogen and oxygen atoms in total. The maximum Gasteiger partial charge on any atom is 0.0386 e. The van der Waals surface area contributed by atoms with Crippen molar-refractivity contribution < 1.29 is 0 Å². The second-order valence-electron chi connectivity index (χ2n) is 3.74. The molecule has 0 spiro atoms. The van der Waals surface area contributed by atoms with Gasteiger partial charge in [0.25, 0.3) is 0 Å². The number of rotatable bonds is 6. The third-order valence-corrected chi connectivity index (χ3v) is 2.12. The SMILES string of the molecule is CCCN=Cc1ccc(C=NCCC)cc1. The fraction of sp³-hybridized carbons (Fsp3) is 0.429. The minimum Gasteiger partial charge on any atom is -0.293 e. The van der Waals surface area contributed by atoms with E-state index in [9.17, 15) is 0 Å². The summed E-state index contributed by atoms with van der Waals surface area (Å²) in [5, 5.41) is 0. The Hall–Kier alpha value is -1.44. The van der Waals surface area contributed by atoms with Crippen LogP contribution in [0.15, 0.2) is 34.3 Å². The minimum absolute atomic E-state index is 0.902. The second-order valence-corrected chi connectivity index (χ2v) is 3.74. The van der Waals surface area contributed by atoms with Crippen LogP contribution in [0.5, 0.6) is 0 Å². The molecule has 1 aromatic rings. The highest BCUT2D eigenvalue weighted by Crippen LogP contribution is 2.00. The predicted octanol–water partition coefficient (Wildman–Crippen LogP) is 3.34. The summed E-state index contributed by atoms with van der Waals surface area (Å²) in [5.74, 6) is 0. The molecule has 86 valence electrons. The van der Waals surface area contributed by atoms with Crippen molar-refractivity contribution in [2.75, 3.05) is 13.1 Å². The molecule has 0 fully saturated rings. The number of hydrogen-bond acceptors (Lipinski definition) is 2. The summed E-state index contributed by atoms with van der Waals surface area (Å²) in [6.45, 7) is 6.06. The molecule has 0 aromatic heterocycles. The summed E-state index contributed by atoms with van der Waals surface area (Å²) < 4.78 is 0. The summed E-state index contributed by atoms with van der Waals surface area (Å²) in [6.07, 6.45) is 6.05. The Labute approximate surface area is 98.1 Å². The maximum absolute atomic E-state index is 4.31. The lowest BCUT2D eigenvalue weighted by molar-refractivity contribution is 0.936. The predicted molar refractivity (Wildman–Crippen MR) is 71.9 cm³/mol. The third kappa shape index (κ3) is 4.87. The van der Waals surface area contributed by atoms with Crippen molar-refractivity contribution in [2.24, 2.45) is 9.98 Å². The van der Waals surface area contributed by atoms with Gasteiger partial charge < -0.3 is 0 Å².